The zero-order valence-corrected chi connectivity index (χ0v) is 26.0. The largest absolute Gasteiger partial charge is 0.208 e. The predicted molar refractivity (Wildman–Crippen MR) is 141 cm³/mol. The first kappa shape index (κ1) is 25.4. The van der Waals surface area contributed by atoms with Gasteiger partial charge in [-0.2, -0.15) is 0 Å². The highest BCUT2D eigenvalue weighted by Gasteiger charge is 2.79. The summed E-state index contributed by atoms with van der Waals surface area (Å²) >= 11 is 0. The van der Waals surface area contributed by atoms with Gasteiger partial charge in [0.25, 0.3) is 0 Å². The van der Waals surface area contributed by atoms with Crippen molar-refractivity contribution in [2.24, 2.45) is 0 Å². The molecular weight excluding hydrogens is 443 g/mol. The van der Waals surface area contributed by atoms with Crippen molar-refractivity contribution < 1.29 is 8.78 Å². The molecule has 0 aliphatic carbocycles. The molecule has 0 aromatic carbocycles. The Morgan fingerprint density at radius 3 is 1.03 bits per heavy atom. The van der Waals surface area contributed by atoms with E-state index in [0.29, 0.717) is 0 Å². The number of allylic oxidation sites excluding steroid dienone is 4. The second-order valence-electron chi connectivity index (χ2n) is 13.6. The summed E-state index contributed by atoms with van der Waals surface area (Å²) in [6, 6.07) is 0. The zero-order valence-electron chi connectivity index (χ0n) is 21.0. The van der Waals surface area contributed by atoms with Crippen LogP contribution in [-0.4, -0.2) is 40.4 Å². The van der Waals surface area contributed by atoms with Crippen LogP contribution in [-0.2, 0) is 0 Å². The molecule has 0 atom stereocenters. The van der Waals surface area contributed by atoms with Crippen LogP contribution in [0.5, 0.6) is 0 Å². The summed E-state index contributed by atoms with van der Waals surface area (Å²) in [4.78, 5) is 0. The highest BCUT2D eigenvalue weighted by Crippen LogP contribution is 2.76. The van der Waals surface area contributed by atoms with E-state index in [1.54, 1.807) is 0 Å². The third-order valence-corrected chi connectivity index (χ3v) is 47.5. The first-order chi connectivity index (χ1) is 12.7. The number of rotatable bonds is 4. The monoisotopic (exact) mass is 486 g/mol. The van der Waals surface area contributed by atoms with Crippen LogP contribution in [0.15, 0.2) is 35.2 Å². The molecule has 1 spiro atoms. The van der Waals surface area contributed by atoms with E-state index in [9.17, 15) is 0 Å². The van der Waals surface area contributed by atoms with E-state index < -0.39 is 40.4 Å². The average molecular weight is 487 g/mol. The van der Waals surface area contributed by atoms with Crippen LogP contribution in [0.3, 0.4) is 0 Å². The highest BCUT2D eigenvalue weighted by molar-refractivity contribution is 7.30. The van der Waals surface area contributed by atoms with Crippen molar-refractivity contribution in [1.82, 2.24) is 0 Å². The average Bonchev–Trinajstić information content (AvgIpc) is 2.67. The summed E-state index contributed by atoms with van der Waals surface area (Å²) in [6.07, 6.45) is 5.16. The van der Waals surface area contributed by atoms with Crippen molar-refractivity contribution in [3.8, 4) is 0 Å². The second-order valence-corrected chi connectivity index (χ2v) is 42.0. The van der Waals surface area contributed by atoms with E-state index in [-0.39, 0.29) is 20.2 Å². The molecule has 1 saturated heterocycles. The van der Waals surface area contributed by atoms with Crippen LogP contribution >= 0.6 is 0 Å². The van der Waals surface area contributed by atoms with Gasteiger partial charge in [-0.1, -0.05) is 103 Å². The molecule has 1 fully saturated rings. The van der Waals surface area contributed by atoms with E-state index in [1.165, 1.54) is 25.0 Å². The maximum Gasteiger partial charge on any atom is 0.115 e. The normalized spacial score (nSPS) is 24.3. The highest BCUT2D eigenvalue weighted by atomic mass is 28.5. The number of hydrogen-bond donors (Lipinski definition) is 0. The van der Waals surface area contributed by atoms with Crippen LogP contribution < -0.4 is 0 Å². The van der Waals surface area contributed by atoms with Gasteiger partial charge in [-0.3, -0.25) is 0 Å². The maximum atomic E-state index is 15.4. The first-order valence-electron chi connectivity index (χ1n) is 11.2. The minimum atomic E-state index is -2.69. The van der Waals surface area contributed by atoms with E-state index in [2.05, 4.69) is 90.0 Å². The van der Waals surface area contributed by atoms with Gasteiger partial charge in [0.05, 0.1) is 0 Å². The van der Waals surface area contributed by atoms with Crippen LogP contribution in [0.4, 0.5) is 8.78 Å². The fourth-order valence-electron chi connectivity index (χ4n) is 8.61. The minimum Gasteiger partial charge on any atom is -0.208 e. The van der Waals surface area contributed by atoms with E-state index in [0.717, 1.165) is 0 Å². The fraction of sp³-hybridized carbons (Fsp3) is 0.727. The van der Waals surface area contributed by atoms with Gasteiger partial charge in [0.15, 0.2) is 0 Å². The molecular formula is C22H44F2Si5. The van der Waals surface area contributed by atoms with Gasteiger partial charge in [0.2, 0.25) is 0 Å². The molecule has 0 unspecified atom stereocenters. The van der Waals surface area contributed by atoms with Gasteiger partial charge < -0.3 is 0 Å². The van der Waals surface area contributed by atoms with Gasteiger partial charge >= 0.3 is 0 Å². The second kappa shape index (κ2) is 7.08. The molecule has 0 bridgehead atoms. The predicted octanol–water partition coefficient (Wildman–Crippen LogP) is 8.57. The van der Waals surface area contributed by atoms with Crippen molar-refractivity contribution in [1.29, 1.82) is 0 Å². The quantitative estimate of drug-likeness (QED) is 0.349. The van der Waals surface area contributed by atoms with Gasteiger partial charge in [-0.05, 0) is 20.7 Å². The Labute approximate surface area is 184 Å². The first-order valence-corrected chi connectivity index (χ1v) is 27.3. The lowest BCUT2D eigenvalue weighted by molar-refractivity contribution is 0.657. The molecule has 7 heteroatoms. The van der Waals surface area contributed by atoms with E-state index in [4.69, 9.17) is 0 Å². The Morgan fingerprint density at radius 2 is 0.828 bits per heavy atom. The Morgan fingerprint density at radius 1 is 0.586 bits per heavy atom. The molecule has 2 heterocycles. The van der Waals surface area contributed by atoms with Crippen LogP contribution in [0, 0.1) is 0 Å². The lowest BCUT2D eigenvalue weighted by Crippen LogP contribution is -2.75. The maximum absolute atomic E-state index is 15.4. The lowest BCUT2D eigenvalue weighted by atomic mass is 10.4. The Kier molecular flexibility index (Phi) is 6.21. The van der Waals surface area contributed by atoms with Crippen molar-refractivity contribution in [2.45, 2.75) is 100.0 Å². The third kappa shape index (κ3) is 3.32. The Hall–Kier alpha value is 0.164. The molecule has 0 N–H and O–H groups in total. The number of hydrogen-bond acceptors (Lipinski definition) is 0. The smallest absolute Gasteiger partial charge is 0.115 e. The van der Waals surface area contributed by atoms with Crippen molar-refractivity contribution in [2.75, 3.05) is 0 Å². The fourth-order valence-corrected chi connectivity index (χ4v) is 59.7. The Bertz CT molecular complexity index is 660. The van der Waals surface area contributed by atoms with Crippen LogP contribution in [0.1, 0.15) is 12.8 Å². The van der Waals surface area contributed by atoms with Crippen LogP contribution in [0.25, 0.3) is 0 Å². The van der Waals surface area contributed by atoms with Gasteiger partial charge in [-0.15, -0.1) is 0 Å². The molecule has 2 rings (SSSR count). The SMILES string of the molecule is C[Si](C)(C)C1([Si](C)(C)C)CCC([Si](C)(C)C)([Si](C)(C)C)[Si]12C=C(F)C=CC(F)=C2. The summed E-state index contributed by atoms with van der Waals surface area (Å²) in [6.45, 7) is 30.0. The van der Waals surface area contributed by atoms with Crippen molar-refractivity contribution in [3.05, 3.63) is 35.2 Å². The standard InChI is InChI=1S/C22H44F2Si5/c1-25(2,3)21(26(4,5)6)15-16-22(27(7,8)9,28(10,11)12)29(21)17-19(23)13-14-20(24)18-29/h13-14,17-18H,15-16H2,1-12H3. The summed E-state index contributed by atoms with van der Waals surface area (Å²) in [5.74, 6) is -0.353. The van der Waals surface area contributed by atoms with Crippen molar-refractivity contribution in [3.63, 3.8) is 0 Å². The molecule has 2 aliphatic heterocycles. The van der Waals surface area contributed by atoms with E-state index in [1.807, 2.05) is 0 Å². The Balaban J connectivity index is 3.22. The molecule has 29 heavy (non-hydrogen) atoms. The molecule has 166 valence electrons. The molecule has 0 amide bonds. The lowest BCUT2D eigenvalue weighted by Gasteiger charge is -2.65. The molecule has 0 aromatic rings. The van der Waals surface area contributed by atoms with Crippen LogP contribution in [0.2, 0.25) is 87.1 Å². The summed E-state index contributed by atoms with van der Waals surface area (Å²) in [5.41, 5.74) is 4.16. The van der Waals surface area contributed by atoms with Gasteiger partial charge in [0, 0.05) is 32.3 Å². The van der Waals surface area contributed by atoms with Gasteiger partial charge in [-0.25, -0.2) is 8.78 Å². The van der Waals surface area contributed by atoms with Crippen molar-refractivity contribution >= 4 is 40.4 Å². The third-order valence-electron chi connectivity index (χ3n) is 8.54. The molecule has 0 radical (unpaired) electrons. The molecule has 2 aliphatic rings. The summed E-state index contributed by atoms with van der Waals surface area (Å²) in [7, 11) is -9.81. The number of halogens is 2. The summed E-state index contributed by atoms with van der Waals surface area (Å²) < 4.78 is 31.1. The van der Waals surface area contributed by atoms with Gasteiger partial charge in [0.1, 0.15) is 19.7 Å². The topological polar surface area (TPSA) is 0 Å². The molecule has 0 aromatic heterocycles. The minimum absolute atomic E-state index is 0.147. The van der Waals surface area contributed by atoms with E-state index >= 15 is 8.78 Å². The summed E-state index contributed by atoms with van der Waals surface area (Å²) in [5, 5.41) is 0. The molecule has 0 saturated carbocycles. The molecule has 0 nitrogen and oxygen atoms in total. The zero-order chi connectivity index (χ0) is 22.9.